The highest BCUT2D eigenvalue weighted by Gasteiger charge is 2.26. The van der Waals surface area contributed by atoms with E-state index in [1.165, 1.54) is 5.56 Å². The molecular weight excluding hydrogens is 693 g/mol. The third kappa shape index (κ3) is 13.8. The van der Waals surface area contributed by atoms with Crippen molar-refractivity contribution in [2.24, 2.45) is 0 Å². The van der Waals surface area contributed by atoms with E-state index in [0.717, 1.165) is 28.7 Å². The van der Waals surface area contributed by atoms with E-state index in [2.05, 4.69) is 21.3 Å². The number of rotatable bonds is 19. The Kier molecular flexibility index (Phi) is 15.4. The highest BCUT2D eigenvalue weighted by atomic mass is 16.5. The van der Waals surface area contributed by atoms with Crippen LogP contribution >= 0.6 is 0 Å². The fourth-order valence-electron chi connectivity index (χ4n) is 5.81. The molecule has 4 N–H and O–H groups in total. The highest BCUT2D eigenvalue weighted by Crippen LogP contribution is 2.19. The van der Waals surface area contributed by atoms with Gasteiger partial charge >= 0.3 is 6.09 Å². The van der Waals surface area contributed by atoms with Gasteiger partial charge in [-0.1, -0.05) is 121 Å². The molecule has 0 heterocycles. The Balaban J connectivity index is 1.14. The molecule has 284 valence electrons. The van der Waals surface area contributed by atoms with Gasteiger partial charge in [0.2, 0.25) is 17.7 Å². The normalized spacial score (nSPS) is 11.7. The third-order valence-electron chi connectivity index (χ3n) is 8.89. The summed E-state index contributed by atoms with van der Waals surface area (Å²) in [6.07, 6.45) is 1.68. The van der Waals surface area contributed by atoms with Crippen LogP contribution in [0.25, 0.3) is 0 Å². The number of carbonyl (C=O) groups is 4. The summed E-state index contributed by atoms with van der Waals surface area (Å²) in [7, 11) is 0. The Morgan fingerprint density at radius 2 is 1.20 bits per heavy atom. The van der Waals surface area contributed by atoms with E-state index in [1.54, 1.807) is 13.0 Å². The van der Waals surface area contributed by atoms with Crippen LogP contribution in [0.3, 0.4) is 0 Å². The average Bonchev–Trinajstić information content (AvgIpc) is 3.21. The molecule has 0 saturated heterocycles. The lowest BCUT2D eigenvalue weighted by Crippen LogP contribution is -2.52. The predicted octanol–water partition coefficient (Wildman–Crippen LogP) is 6.93. The van der Waals surface area contributed by atoms with E-state index in [1.807, 2.05) is 133 Å². The summed E-state index contributed by atoms with van der Waals surface area (Å²) in [6.45, 7) is 2.60. The first kappa shape index (κ1) is 39.8. The van der Waals surface area contributed by atoms with Crippen LogP contribution in [0.5, 0.6) is 5.75 Å². The van der Waals surface area contributed by atoms with Crippen molar-refractivity contribution >= 4 is 29.5 Å². The molecule has 0 aliphatic carbocycles. The standard InChI is InChI=1S/C45H48N4O6/c1-33(43(51)48-40-22-12-11-20-38(40)21-13-23-42(50)46-29-28-34-14-5-2-6-15-34)47-44(52)41(49-45(53)55-32-37-18-9-4-10-19-37)30-35-24-26-39(27-25-35)54-31-36-16-7-3-8-17-36/h2-12,14-20,22,24-27,33,41H,13,21,23,28-32H2,1H3,(H,46,50)(H,47,52)(H,48,51)(H,49,53)/t33-,41+/m1/s1. The Labute approximate surface area is 322 Å². The smallest absolute Gasteiger partial charge is 0.408 e. The first-order valence-corrected chi connectivity index (χ1v) is 18.5. The fourth-order valence-corrected chi connectivity index (χ4v) is 5.81. The number of hydrogen-bond acceptors (Lipinski definition) is 6. The zero-order valence-corrected chi connectivity index (χ0v) is 31.0. The third-order valence-corrected chi connectivity index (χ3v) is 8.89. The molecule has 0 saturated carbocycles. The van der Waals surface area contributed by atoms with Crippen molar-refractivity contribution in [2.45, 2.75) is 64.3 Å². The van der Waals surface area contributed by atoms with Gasteiger partial charge in [0.05, 0.1) is 0 Å². The minimum atomic E-state index is -1.04. The molecule has 0 radical (unpaired) electrons. The van der Waals surface area contributed by atoms with Gasteiger partial charge in [0, 0.05) is 25.1 Å². The molecule has 5 aromatic rings. The lowest BCUT2D eigenvalue weighted by molar-refractivity contribution is -0.127. The van der Waals surface area contributed by atoms with Crippen molar-refractivity contribution < 1.29 is 28.7 Å². The Hall–Kier alpha value is -6.42. The zero-order chi connectivity index (χ0) is 38.7. The molecule has 10 nitrogen and oxygen atoms in total. The molecule has 0 aliphatic rings. The van der Waals surface area contributed by atoms with Gasteiger partial charge in [0.25, 0.3) is 0 Å². The zero-order valence-electron chi connectivity index (χ0n) is 31.0. The summed E-state index contributed by atoms with van der Waals surface area (Å²) in [5, 5.41) is 11.3. The molecule has 10 heteroatoms. The molecule has 4 amide bonds. The number of hydrogen-bond donors (Lipinski definition) is 4. The lowest BCUT2D eigenvalue weighted by atomic mass is 10.0. The summed E-state index contributed by atoms with van der Waals surface area (Å²) in [5.74, 6) is -0.329. The van der Waals surface area contributed by atoms with Crippen LogP contribution in [0.15, 0.2) is 140 Å². The molecule has 5 aromatic carbocycles. The van der Waals surface area contributed by atoms with Crippen LogP contribution in [-0.2, 0) is 51.6 Å². The Bertz CT molecular complexity index is 1960. The summed E-state index contributed by atoms with van der Waals surface area (Å²) >= 11 is 0. The largest absolute Gasteiger partial charge is 0.489 e. The minimum absolute atomic E-state index is 0.0202. The van der Waals surface area contributed by atoms with Gasteiger partial charge in [-0.3, -0.25) is 14.4 Å². The second-order valence-corrected chi connectivity index (χ2v) is 13.2. The molecule has 0 spiro atoms. The molecule has 5 rings (SSSR count). The SMILES string of the molecule is C[C@@H](NC(=O)[C@H](Cc1ccc(OCc2ccccc2)cc1)NC(=O)OCc1ccccc1)C(=O)Nc1ccccc1CCCC(=O)NCCc1ccccc1. The number of carbonyl (C=O) groups excluding carboxylic acids is 4. The first-order chi connectivity index (χ1) is 26.8. The van der Waals surface area contributed by atoms with Gasteiger partial charge in [-0.25, -0.2) is 4.79 Å². The van der Waals surface area contributed by atoms with Gasteiger partial charge in [0.15, 0.2) is 0 Å². The van der Waals surface area contributed by atoms with E-state index in [0.29, 0.717) is 43.9 Å². The molecule has 55 heavy (non-hydrogen) atoms. The van der Waals surface area contributed by atoms with Crippen LogP contribution in [-0.4, -0.2) is 42.4 Å². The number of ether oxygens (including phenoxy) is 2. The number of alkyl carbamates (subject to hydrolysis) is 1. The van der Waals surface area contributed by atoms with Crippen LogP contribution in [0.4, 0.5) is 10.5 Å². The van der Waals surface area contributed by atoms with Crippen molar-refractivity contribution in [2.75, 3.05) is 11.9 Å². The quantitative estimate of drug-likeness (QED) is 0.0726. The van der Waals surface area contributed by atoms with Gasteiger partial charge in [-0.15, -0.1) is 0 Å². The van der Waals surface area contributed by atoms with Crippen molar-refractivity contribution in [3.05, 3.63) is 167 Å². The summed E-state index contributed by atoms with van der Waals surface area (Å²) in [6, 6.07) is 41.8. The van der Waals surface area contributed by atoms with E-state index in [4.69, 9.17) is 9.47 Å². The maximum Gasteiger partial charge on any atom is 0.408 e. The van der Waals surface area contributed by atoms with Gasteiger partial charge in [-0.2, -0.15) is 0 Å². The molecular formula is C45H48N4O6. The van der Waals surface area contributed by atoms with E-state index in [-0.39, 0.29) is 18.9 Å². The molecule has 0 aromatic heterocycles. The maximum absolute atomic E-state index is 13.7. The number of anilines is 1. The summed E-state index contributed by atoms with van der Waals surface area (Å²) in [4.78, 5) is 52.4. The molecule has 0 fully saturated rings. The number of aryl methyl sites for hydroxylation is 1. The van der Waals surface area contributed by atoms with Crippen molar-refractivity contribution in [1.29, 1.82) is 0 Å². The number of para-hydroxylation sites is 1. The van der Waals surface area contributed by atoms with E-state index in [9.17, 15) is 19.2 Å². The van der Waals surface area contributed by atoms with Crippen LogP contribution in [0.2, 0.25) is 0 Å². The van der Waals surface area contributed by atoms with Crippen molar-refractivity contribution in [3.63, 3.8) is 0 Å². The fraction of sp³-hybridized carbons (Fsp3) is 0.244. The second kappa shape index (κ2) is 21.3. The first-order valence-electron chi connectivity index (χ1n) is 18.5. The van der Waals surface area contributed by atoms with Crippen LogP contribution in [0.1, 0.15) is 47.6 Å². The maximum atomic E-state index is 13.7. The lowest BCUT2D eigenvalue weighted by Gasteiger charge is -2.22. The highest BCUT2D eigenvalue weighted by molar-refractivity contribution is 5.98. The molecule has 0 bridgehead atoms. The van der Waals surface area contributed by atoms with Gasteiger partial charge in [0.1, 0.15) is 31.0 Å². The number of nitrogens with one attached hydrogen (secondary N) is 4. The van der Waals surface area contributed by atoms with Crippen LogP contribution in [0, 0.1) is 0 Å². The summed E-state index contributed by atoms with van der Waals surface area (Å²) in [5.41, 5.74) is 5.26. The van der Waals surface area contributed by atoms with Gasteiger partial charge in [-0.05, 0) is 72.2 Å². The monoisotopic (exact) mass is 740 g/mol. The van der Waals surface area contributed by atoms with E-state index < -0.39 is 30.0 Å². The Morgan fingerprint density at radius 3 is 1.87 bits per heavy atom. The minimum Gasteiger partial charge on any atom is -0.489 e. The number of benzene rings is 5. The molecule has 0 aliphatic heterocycles. The Morgan fingerprint density at radius 1 is 0.600 bits per heavy atom. The topological polar surface area (TPSA) is 135 Å². The van der Waals surface area contributed by atoms with Crippen LogP contribution < -0.4 is 26.0 Å². The van der Waals surface area contributed by atoms with E-state index >= 15 is 0 Å². The van der Waals surface area contributed by atoms with Gasteiger partial charge < -0.3 is 30.7 Å². The van der Waals surface area contributed by atoms with Crippen molar-refractivity contribution in [3.8, 4) is 5.75 Å². The summed E-state index contributed by atoms with van der Waals surface area (Å²) < 4.78 is 11.3. The molecule has 2 atom stereocenters. The predicted molar refractivity (Wildman–Crippen MR) is 213 cm³/mol. The second-order valence-electron chi connectivity index (χ2n) is 13.2. The average molecular weight is 741 g/mol. The van der Waals surface area contributed by atoms with Crippen molar-refractivity contribution in [1.82, 2.24) is 16.0 Å². The number of amides is 4. The molecule has 0 unspecified atom stereocenters.